The molecule has 8 heteroatoms. The van der Waals surface area contributed by atoms with E-state index in [0.29, 0.717) is 22.4 Å². The summed E-state index contributed by atoms with van der Waals surface area (Å²) in [5.41, 5.74) is -0.451. The summed E-state index contributed by atoms with van der Waals surface area (Å²) in [5, 5.41) is 21.2. The molecule has 1 aromatic carbocycles. The summed E-state index contributed by atoms with van der Waals surface area (Å²) in [6.45, 7) is 1.97. The maximum absolute atomic E-state index is 12.1. The van der Waals surface area contributed by atoms with Gasteiger partial charge in [0.05, 0.1) is 6.61 Å². The normalized spacial score (nSPS) is 10.5. The zero-order chi connectivity index (χ0) is 17.7. The van der Waals surface area contributed by atoms with E-state index in [9.17, 15) is 19.5 Å². The molecule has 0 saturated heterocycles. The lowest BCUT2D eigenvalue weighted by Gasteiger charge is -2.09. The van der Waals surface area contributed by atoms with E-state index < -0.39 is 34.5 Å². The molecule has 3 N–H and O–H groups in total. The van der Waals surface area contributed by atoms with Crippen LogP contribution in [0.3, 0.4) is 0 Å². The lowest BCUT2D eigenvalue weighted by Crippen LogP contribution is -2.32. The molecule has 0 saturated carbocycles. The van der Waals surface area contributed by atoms with E-state index in [-0.39, 0.29) is 0 Å². The first-order valence-electron chi connectivity index (χ1n) is 7.36. The Morgan fingerprint density at radius 2 is 2.08 bits per heavy atom. The third-order valence-electron chi connectivity index (χ3n) is 3.25. The number of carbonyl (C=O) groups excluding carboxylic acids is 1. The highest BCUT2D eigenvalue weighted by atomic mass is 32.1. The van der Waals surface area contributed by atoms with E-state index in [1.165, 1.54) is 0 Å². The molecule has 0 fully saturated rings. The van der Waals surface area contributed by atoms with Gasteiger partial charge in [-0.2, -0.15) is 0 Å². The third-order valence-corrected chi connectivity index (χ3v) is 4.19. The van der Waals surface area contributed by atoms with Crippen LogP contribution in [-0.2, 0) is 4.79 Å². The van der Waals surface area contributed by atoms with Crippen LogP contribution in [0.1, 0.15) is 30.1 Å². The Labute approximate surface area is 141 Å². The van der Waals surface area contributed by atoms with Crippen molar-refractivity contribution in [1.29, 1.82) is 0 Å². The number of aliphatic carboxylic acids is 1. The average molecular weight is 351 g/mol. The number of fused-ring (bicyclic) bond motifs is 1. The van der Waals surface area contributed by atoms with Gasteiger partial charge in [-0.25, -0.2) is 0 Å². The number of benzene rings is 1. The average Bonchev–Trinajstić information content (AvgIpc) is 2.53. The number of hydrogen-bond donors (Lipinski definition) is 3. The van der Waals surface area contributed by atoms with Crippen LogP contribution in [-0.4, -0.2) is 35.2 Å². The molecule has 0 spiro atoms. The number of nitrogens with one attached hydrogen (secondary N) is 1. The minimum absolute atomic E-state index is 0.336. The van der Waals surface area contributed by atoms with Gasteiger partial charge >= 0.3 is 5.97 Å². The van der Waals surface area contributed by atoms with E-state index in [0.717, 1.165) is 24.2 Å². The molecule has 0 aliphatic heterocycles. The Morgan fingerprint density at radius 1 is 1.33 bits per heavy atom. The number of carboxylic acids is 1. The number of carbonyl (C=O) groups is 2. The van der Waals surface area contributed by atoms with E-state index in [1.807, 2.05) is 6.92 Å². The quantitative estimate of drug-likeness (QED) is 0.657. The molecule has 1 heterocycles. The molecular weight excluding hydrogens is 334 g/mol. The van der Waals surface area contributed by atoms with Gasteiger partial charge in [-0.05, 0) is 24.6 Å². The maximum Gasteiger partial charge on any atom is 0.322 e. The molecule has 0 bridgehead atoms. The predicted octanol–water partition coefficient (Wildman–Crippen LogP) is 1.96. The van der Waals surface area contributed by atoms with Gasteiger partial charge in [0.1, 0.15) is 23.6 Å². The molecule has 2 rings (SSSR count). The van der Waals surface area contributed by atoms with Gasteiger partial charge in [0, 0.05) is 10.1 Å². The largest absolute Gasteiger partial charge is 0.506 e. The lowest BCUT2D eigenvalue weighted by atomic mass is 10.1. The van der Waals surface area contributed by atoms with Crippen LogP contribution in [0.15, 0.2) is 23.0 Å². The second-order valence-electron chi connectivity index (χ2n) is 5.05. The Hall–Kier alpha value is -2.61. The summed E-state index contributed by atoms with van der Waals surface area (Å²) in [4.78, 5) is 34.5. The standard InChI is InChI=1S/C16H17NO6S/c1-2-3-6-23-9-4-5-10-11(7-9)24-16(22)13(14(10)20)15(21)17-8-12(18)19/h4-5,7,20H,2-3,6,8H2,1H3,(H,17,21)(H,18,19). The van der Waals surface area contributed by atoms with Gasteiger partial charge < -0.3 is 20.3 Å². The first-order chi connectivity index (χ1) is 11.4. The zero-order valence-electron chi connectivity index (χ0n) is 13.0. The number of unbranched alkanes of at least 4 members (excludes halogenated alkanes) is 1. The van der Waals surface area contributed by atoms with Crippen molar-refractivity contribution in [2.45, 2.75) is 19.8 Å². The van der Waals surface area contributed by atoms with Crippen LogP contribution in [0, 0.1) is 0 Å². The maximum atomic E-state index is 12.1. The molecule has 1 amide bonds. The van der Waals surface area contributed by atoms with Gasteiger partial charge in [0.25, 0.3) is 5.91 Å². The van der Waals surface area contributed by atoms with Crippen LogP contribution >= 0.6 is 11.3 Å². The predicted molar refractivity (Wildman–Crippen MR) is 90.1 cm³/mol. The summed E-state index contributed by atoms with van der Waals surface area (Å²) in [7, 11) is 0. The highest BCUT2D eigenvalue weighted by Gasteiger charge is 2.20. The topological polar surface area (TPSA) is 113 Å². The summed E-state index contributed by atoms with van der Waals surface area (Å²) in [6.07, 6.45) is 1.90. The van der Waals surface area contributed by atoms with Crippen molar-refractivity contribution >= 4 is 33.3 Å². The second kappa shape index (κ2) is 7.78. The fourth-order valence-electron chi connectivity index (χ4n) is 2.03. The van der Waals surface area contributed by atoms with Gasteiger partial charge in [-0.3, -0.25) is 14.4 Å². The number of carboxylic acid groups (broad SMARTS) is 1. The molecular formula is C16H17NO6S. The van der Waals surface area contributed by atoms with E-state index in [4.69, 9.17) is 9.84 Å². The number of amides is 1. The summed E-state index contributed by atoms with van der Waals surface area (Å²) in [6, 6.07) is 4.85. The van der Waals surface area contributed by atoms with Crippen molar-refractivity contribution in [2.24, 2.45) is 0 Å². The van der Waals surface area contributed by atoms with Crippen LogP contribution in [0.2, 0.25) is 0 Å². The van der Waals surface area contributed by atoms with Gasteiger partial charge in [0.2, 0.25) is 4.74 Å². The van der Waals surface area contributed by atoms with Crippen LogP contribution in [0.4, 0.5) is 0 Å². The van der Waals surface area contributed by atoms with Crippen LogP contribution in [0.5, 0.6) is 11.5 Å². The fourth-order valence-corrected chi connectivity index (χ4v) is 2.97. The van der Waals surface area contributed by atoms with Crippen molar-refractivity contribution in [3.63, 3.8) is 0 Å². The number of hydrogen-bond acceptors (Lipinski definition) is 6. The molecule has 128 valence electrons. The number of rotatable bonds is 7. The molecule has 0 atom stereocenters. The van der Waals surface area contributed by atoms with Crippen molar-refractivity contribution in [3.05, 3.63) is 33.3 Å². The summed E-state index contributed by atoms with van der Waals surface area (Å²) in [5.74, 6) is -2.04. The van der Waals surface area contributed by atoms with E-state index in [2.05, 4.69) is 5.32 Å². The zero-order valence-corrected chi connectivity index (χ0v) is 13.8. The van der Waals surface area contributed by atoms with E-state index >= 15 is 0 Å². The Kier molecular flexibility index (Phi) is 5.75. The molecule has 0 unspecified atom stereocenters. The van der Waals surface area contributed by atoms with Crippen molar-refractivity contribution in [1.82, 2.24) is 5.32 Å². The molecule has 0 radical (unpaired) electrons. The van der Waals surface area contributed by atoms with Crippen molar-refractivity contribution in [3.8, 4) is 11.5 Å². The molecule has 7 nitrogen and oxygen atoms in total. The van der Waals surface area contributed by atoms with Gasteiger partial charge in [0.15, 0.2) is 0 Å². The second-order valence-corrected chi connectivity index (χ2v) is 6.06. The fraction of sp³-hybridized carbons (Fsp3) is 0.312. The molecule has 1 aromatic heterocycles. The first-order valence-corrected chi connectivity index (χ1v) is 8.18. The number of ether oxygens (including phenoxy) is 1. The van der Waals surface area contributed by atoms with Crippen LogP contribution in [0.25, 0.3) is 10.1 Å². The minimum Gasteiger partial charge on any atom is -0.506 e. The van der Waals surface area contributed by atoms with E-state index in [1.54, 1.807) is 18.2 Å². The molecule has 2 aromatic rings. The first kappa shape index (κ1) is 17.7. The smallest absolute Gasteiger partial charge is 0.322 e. The highest BCUT2D eigenvalue weighted by molar-refractivity contribution is 7.16. The van der Waals surface area contributed by atoms with Crippen molar-refractivity contribution < 1.29 is 24.5 Å². The van der Waals surface area contributed by atoms with Gasteiger partial charge in [-0.15, -0.1) is 0 Å². The summed E-state index contributed by atoms with van der Waals surface area (Å²) >= 11 is 0.795. The Balaban J connectivity index is 2.36. The summed E-state index contributed by atoms with van der Waals surface area (Å²) < 4.78 is 5.40. The Morgan fingerprint density at radius 3 is 2.75 bits per heavy atom. The van der Waals surface area contributed by atoms with Crippen molar-refractivity contribution in [2.75, 3.05) is 13.2 Å². The lowest BCUT2D eigenvalue weighted by molar-refractivity contribution is -0.135. The molecule has 0 aliphatic carbocycles. The Bertz CT molecular complexity index is 829. The minimum atomic E-state index is -1.24. The SMILES string of the molecule is CCCCOc1ccc2c(O)c(C(=O)NCC(=O)O)c(=O)sc2c1. The highest BCUT2D eigenvalue weighted by Crippen LogP contribution is 2.31. The third kappa shape index (κ3) is 4.02. The molecule has 0 aliphatic rings. The van der Waals surface area contributed by atoms with Gasteiger partial charge in [-0.1, -0.05) is 24.7 Å². The molecule has 24 heavy (non-hydrogen) atoms. The number of aromatic hydroxyl groups is 1. The van der Waals surface area contributed by atoms with Crippen LogP contribution < -0.4 is 14.8 Å². The monoisotopic (exact) mass is 351 g/mol.